The number of carboxylic acids is 1. The second kappa shape index (κ2) is 10.9. The van der Waals surface area contributed by atoms with E-state index in [0.717, 1.165) is 31.5 Å². The summed E-state index contributed by atoms with van der Waals surface area (Å²) in [7, 11) is 0. The van der Waals surface area contributed by atoms with E-state index < -0.39 is 17.9 Å². The van der Waals surface area contributed by atoms with Crippen molar-refractivity contribution in [2.75, 3.05) is 18.4 Å². The summed E-state index contributed by atoms with van der Waals surface area (Å²) in [5.41, 5.74) is 2.51. The fourth-order valence-corrected chi connectivity index (χ4v) is 3.25. The van der Waals surface area contributed by atoms with Crippen LogP contribution >= 0.6 is 0 Å². The zero-order valence-corrected chi connectivity index (χ0v) is 17.8. The van der Waals surface area contributed by atoms with Crippen LogP contribution in [-0.2, 0) is 16.0 Å². The minimum absolute atomic E-state index is 0.151. The highest BCUT2D eigenvalue weighted by molar-refractivity contribution is 5.94. The summed E-state index contributed by atoms with van der Waals surface area (Å²) in [5, 5.41) is 13.4. The quantitative estimate of drug-likeness (QED) is 0.440. The van der Waals surface area contributed by atoms with Gasteiger partial charge in [0.25, 0.3) is 0 Å². The zero-order chi connectivity index (χ0) is 24.7. The van der Waals surface area contributed by atoms with Crippen LogP contribution in [0.1, 0.15) is 18.4 Å². The van der Waals surface area contributed by atoms with Crippen LogP contribution in [0.3, 0.4) is 0 Å². The first kappa shape index (κ1) is 24.8. The molecule has 0 unspecified atom stereocenters. The summed E-state index contributed by atoms with van der Waals surface area (Å²) < 4.78 is 42.8. The Morgan fingerprint density at radius 2 is 1.82 bits per heavy atom. The highest BCUT2D eigenvalue weighted by Gasteiger charge is 2.38. The highest BCUT2D eigenvalue weighted by atomic mass is 19.4. The number of piperidine rings is 1. The van der Waals surface area contributed by atoms with Gasteiger partial charge < -0.3 is 24.9 Å². The molecule has 0 aliphatic carbocycles. The molecule has 1 fully saturated rings. The van der Waals surface area contributed by atoms with Crippen molar-refractivity contribution in [2.24, 2.45) is 0 Å². The number of carbonyl (C=O) groups is 2. The van der Waals surface area contributed by atoms with Gasteiger partial charge in [0.1, 0.15) is 11.9 Å². The average Bonchev–Trinajstić information content (AvgIpc) is 3.15. The van der Waals surface area contributed by atoms with E-state index in [2.05, 4.69) is 15.6 Å². The Morgan fingerprint density at radius 3 is 2.50 bits per heavy atom. The maximum absolute atomic E-state index is 12.5. The molecule has 0 atom stereocenters. The van der Waals surface area contributed by atoms with Crippen molar-refractivity contribution in [3.63, 3.8) is 0 Å². The largest absolute Gasteiger partial charge is 0.490 e. The lowest BCUT2D eigenvalue weighted by molar-refractivity contribution is -0.192. The van der Waals surface area contributed by atoms with Gasteiger partial charge in [-0.2, -0.15) is 13.2 Å². The summed E-state index contributed by atoms with van der Waals surface area (Å²) in [4.78, 5) is 35.2. The van der Waals surface area contributed by atoms with E-state index in [1.54, 1.807) is 18.2 Å². The second-order valence-corrected chi connectivity index (χ2v) is 7.44. The Bertz CT molecular complexity index is 1200. The van der Waals surface area contributed by atoms with Crippen LogP contribution in [0, 0.1) is 0 Å². The van der Waals surface area contributed by atoms with Crippen LogP contribution in [0.15, 0.2) is 51.7 Å². The summed E-state index contributed by atoms with van der Waals surface area (Å²) in [5.74, 6) is -2.72. The van der Waals surface area contributed by atoms with E-state index >= 15 is 0 Å². The number of ether oxygens (including phenoxy) is 1. The number of carboxylic acid groups (broad SMARTS) is 1. The Labute approximate surface area is 190 Å². The average molecular weight is 481 g/mol. The first-order valence-corrected chi connectivity index (χ1v) is 10.3. The summed E-state index contributed by atoms with van der Waals surface area (Å²) in [6.07, 6.45) is -2.84. The minimum Gasteiger partial charge on any atom is -0.488 e. The molecule has 2 heterocycles. The molecule has 1 aromatic heterocycles. The maximum atomic E-state index is 12.5. The molecule has 4 N–H and O–H groups in total. The van der Waals surface area contributed by atoms with Crippen LogP contribution in [-0.4, -0.2) is 47.3 Å². The van der Waals surface area contributed by atoms with E-state index in [1.165, 1.54) is 0 Å². The molecule has 0 bridgehead atoms. The number of hydrogen-bond donors (Lipinski definition) is 4. The van der Waals surface area contributed by atoms with Crippen molar-refractivity contribution in [2.45, 2.75) is 31.5 Å². The fourth-order valence-electron chi connectivity index (χ4n) is 3.25. The third-order valence-corrected chi connectivity index (χ3v) is 4.83. The number of nitrogens with one attached hydrogen (secondary N) is 3. The molecule has 182 valence electrons. The van der Waals surface area contributed by atoms with Gasteiger partial charge in [-0.05, 0) is 55.8 Å². The molecule has 34 heavy (non-hydrogen) atoms. The number of fused-ring (bicyclic) bond motifs is 1. The van der Waals surface area contributed by atoms with Crippen molar-refractivity contribution in [1.82, 2.24) is 10.3 Å². The Balaban J connectivity index is 0.000000406. The summed E-state index contributed by atoms with van der Waals surface area (Å²) in [6, 6.07) is 12.7. The number of rotatable bonds is 5. The van der Waals surface area contributed by atoms with E-state index in [-0.39, 0.29) is 18.4 Å². The lowest BCUT2D eigenvalue weighted by Gasteiger charge is -2.25. The van der Waals surface area contributed by atoms with Crippen molar-refractivity contribution < 1.29 is 37.0 Å². The number of alkyl halides is 3. The summed E-state index contributed by atoms with van der Waals surface area (Å²) >= 11 is 0. The number of amides is 1. The van der Waals surface area contributed by atoms with Gasteiger partial charge >= 0.3 is 17.9 Å². The first-order chi connectivity index (χ1) is 16.1. The SMILES string of the molecule is O=C(Cc1ccc2oc(=O)[nH]c2c1)Nc1ccccc1OC1CCNCC1.O=C(O)C(F)(F)F. The number of carbonyl (C=O) groups excluding carboxylic acids is 1. The molecule has 1 aliphatic heterocycles. The van der Waals surface area contributed by atoms with Crippen molar-refractivity contribution in [3.05, 3.63) is 58.6 Å². The highest BCUT2D eigenvalue weighted by Crippen LogP contribution is 2.27. The van der Waals surface area contributed by atoms with Gasteiger partial charge in [0.05, 0.1) is 17.6 Å². The maximum Gasteiger partial charge on any atom is 0.490 e. The molecule has 4 rings (SSSR count). The van der Waals surface area contributed by atoms with E-state index in [0.29, 0.717) is 22.5 Å². The molecular formula is C22H22F3N3O6. The number of benzene rings is 2. The van der Waals surface area contributed by atoms with Gasteiger partial charge in [0.2, 0.25) is 5.91 Å². The first-order valence-electron chi connectivity index (χ1n) is 10.3. The van der Waals surface area contributed by atoms with Crippen LogP contribution in [0.2, 0.25) is 0 Å². The predicted molar refractivity (Wildman–Crippen MR) is 116 cm³/mol. The smallest absolute Gasteiger partial charge is 0.488 e. The molecule has 1 amide bonds. The normalized spacial score (nSPS) is 14.2. The molecule has 0 spiro atoms. The molecule has 3 aromatic rings. The molecule has 0 radical (unpaired) electrons. The van der Waals surface area contributed by atoms with Crippen molar-refractivity contribution in [3.8, 4) is 5.75 Å². The third kappa shape index (κ3) is 7.10. The fraction of sp³-hybridized carbons (Fsp3) is 0.318. The molecule has 0 saturated carbocycles. The van der Waals surface area contributed by atoms with Crippen LogP contribution in [0.25, 0.3) is 11.1 Å². The van der Waals surface area contributed by atoms with Gasteiger partial charge in [0, 0.05) is 0 Å². The van der Waals surface area contributed by atoms with Crippen LogP contribution in [0.4, 0.5) is 18.9 Å². The number of hydrogen-bond acceptors (Lipinski definition) is 6. The number of H-pyrrole nitrogens is 1. The lowest BCUT2D eigenvalue weighted by Crippen LogP contribution is -2.34. The van der Waals surface area contributed by atoms with E-state index in [9.17, 15) is 22.8 Å². The molecule has 1 saturated heterocycles. The van der Waals surface area contributed by atoms with Gasteiger partial charge in [-0.25, -0.2) is 9.59 Å². The van der Waals surface area contributed by atoms with Gasteiger partial charge in [0.15, 0.2) is 5.58 Å². The minimum atomic E-state index is -5.08. The number of aromatic amines is 1. The molecule has 2 aromatic carbocycles. The lowest BCUT2D eigenvalue weighted by atomic mass is 10.1. The molecule has 12 heteroatoms. The number of oxazole rings is 1. The monoisotopic (exact) mass is 481 g/mol. The van der Waals surface area contributed by atoms with Crippen molar-refractivity contribution >= 4 is 28.7 Å². The Morgan fingerprint density at radius 1 is 1.15 bits per heavy atom. The van der Waals surface area contributed by atoms with Gasteiger partial charge in [-0.1, -0.05) is 18.2 Å². The van der Waals surface area contributed by atoms with Gasteiger partial charge in [-0.15, -0.1) is 0 Å². The number of halogens is 3. The number of anilines is 1. The Kier molecular flexibility index (Phi) is 7.95. The second-order valence-electron chi connectivity index (χ2n) is 7.44. The van der Waals surface area contributed by atoms with Crippen LogP contribution in [0.5, 0.6) is 5.75 Å². The van der Waals surface area contributed by atoms with E-state index in [4.69, 9.17) is 19.1 Å². The predicted octanol–water partition coefficient (Wildman–Crippen LogP) is 3.07. The number of aromatic nitrogens is 1. The van der Waals surface area contributed by atoms with Crippen LogP contribution < -0.4 is 21.1 Å². The molecular weight excluding hydrogens is 459 g/mol. The summed E-state index contributed by atoms with van der Waals surface area (Å²) in [6.45, 7) is 1.88. The topological polar surface area (TPSA) is 134 Å². The van der Waals surface area contributed by atoms with Crippen molar-refractivity contribution in [1.29, 1.82) is 0 Å². The standard InChI is InChI=1S/C20H21N3O4.C2HF3O2/c24-19(12-13-5-6-18-16(11-13)23-20(25)27-18)22-15-3-1-2-4-17(15)26-14-7-9-21-10-8-14;3-2(4,5)1(6)7/h1-6,11,14,21H,7-10,12H2,(H,22,24)(H,23,25);(H,6,7). The molecule has 9 nitrogen and oxygen atoms in total. The van der Waals surface area contributed by atoms with E-state index in [1.807, 2.05) is 24.3 Å². The number of para-hydroxylation sites is 2. The van der Waals surface area contributed by atoms with Gasteiger partial charge in [-0.3, -0.25) is 9.78 Å². The third-order valence-electron chi connectivity index (χ3n) is 4.83. The zero-order valence-electron chi connectivity index (χ0n) is 17.8. The molecule has 1 aliphatic rings. The Hall–Kier alpha value is -3.80. The number of aliphatic carboxylic acids is 1.